The average Bonchev–Trinajstić information content (AvgIpc) is 2.09. The first-order chi connectivity index (χ1) is 5.81. The number of unbranched alkanes of at least 4 members (excludes halogenated alkanes) is 1. The molecule has 0 spiro atoms. The van der Waals surface area contributed by atoms with Gasteiger partial charge in [-0.15, -0.1) is 0 Å². The Bertz CT molecular complexity index is 90.6. The Hall–Kier alpha value is 0.137. The minimum atomic E-state index is -0.255. The van der Waals surface area contributed by atoms with Crippen molar-refractivity contribution in [2.45, 2.75) is 51.7 Å². The van der Waals surface area contributed by atoms with Gasteiger partial charge in [0.05, 0.1) is 0 Å². The Morgan fingerprint density at radius 2 is 2.17 bits per heavy atom. The van der Waals surface area contributed by atoms with Gasteiger partial charge in [0.1, 0.15) is 0 Å². The number of nitrogens with two attached hydrogens (primary N) is 1. The molecule has 0 amide bonds. The zero-order valence-electron chi connectivity index (χ0n) is 8.51. The number of hydrogen-bond acceptors (Lipinski definition) is 2. The first-order valence-corrected chi connectivity index (χ1v) is 6.70. The molecule has 0 saturated carbocycles. The Labute approximate surface area is 78.8 Å². The minimum Gasteiger partial charge on any atom is -0.421 e. The van der Waals surface area contributed by atoms with Gasteiger partial charge in [-0.1, -0.05) is 19.8 Å². The molecular formula is C9H23NOSi. The van der Waals surface area contributed by atoms with Crippen molar-refractivity contribution in [2.75, 3.05) is 6.54 Å². The van der Waals surface area contributed by atoms with Crippen LogP contribution in [0.25, 0.3) is 0 Å². The molecule has 74 valence electrons. The largest absolute Gasteiger partial charge is 0.421 e. The van der Waals surface area contributed by atoms with Crippen LogP contribution in [0.5, 0.6) is 0 Å². The molecule has 0 aliphatic rings. The molecule has 3 heteroatoms. The third kappa shape index (κ3) is 8.24. The summed E-state index contributed by atoms with van der Waals surface area (Å²) >= 11 is 0. The third-order valence-corrected chi connectivity index (χ3v) is 3.56. The van der Waals surface area contributed by atoms with E-state index in [1.54, 1.807) is 0 Å². The normalized spacial score (nSPS) is 14.2. The molecule has 0 saturated heterocycles. The van der Waals surface area contributed by atoms with Crippen LogP contribution >= 0.6 is 0 Å². The number of rotatable bonds is 8. The fourth-order valence-electron chi connectivity index (χ4n) is 1.11. The van der Waals surface area contributed by atoms with Gasteiger partial charge in [0.15, 0.2) is 9.76 Å². The lowest BCUT2D eigenvalue weighted by atomic mass is 10.2. The van der Waals surface area contributed by atoms with Gasteiger partial charge in [0.25, 0.3) is 0 Å². The highest BCUT2D eigenvalue weighted by Crippen LogP contribution is 2.03. The van der Waals surface area contributed by atoms with Crippen LogP contribution in [0.3, 0.4) is 0 Å². The monoisotopic (exact) mass is 189 g/mol. The van der Waals surface area contributed by atoms with Crippen LogP contribution in [-0.4, -0.2) is 22.4 Å². The predicted octanol–water partition coefficient (Wildman–Crippen LogP) is 1.43. The Kier molecular flexibility index (Phi) is 9.33. The van der Waals surface area contributed by atoms with E-state index in [4.69, 9.17) is 10.2 Å². The summed E-state index contributed by atoms with van der Waals surface area (Å²) in [6.45, 7) is 5.23. The van der Waals surface area contributed by atoms with Gasteiger partial charge in [-0.05, 0) is 32.4 Å². The molecule has 0 aromatic carbocycles. The van der Waals surface area contributed by atoms with Crippen molar-refractivity contribution in [1.29, 1.82) is 0 Å². The lowest BCUT2D eigenvalue weighted by Crippen LogP contribution is -2.12. The van der Waals surface area contributed by atoms with E-state index in [9.17, 15) is 0 Å². The second-order valence-corrected chi connectivity index (χ2v) is 4.77. The van der Waals surface area contributed by atoms with Gasteiger partial charge in [-0.2, -0.15) is 0 Å². The highest BCUT2D eigenvalue weighted by molar-refractivity contribution is 6.27. The lowest BCUT2D eigenvalue weighted by Gasteiger charge is -2.11. The minimum absolute atomic E-state index is 0.255. The maximum absolute atomic E-state index is 5.73. The zero-order valence-corrected chi connectivity index (χ0v) is 9.93. The van der Waals surface area contributed by atoms with E-state index in [-0.39, 0.29) is 9.76 Å². The number of hydrogen-bond donors (Lipinski definition) is 1. The Balaban J connectivity index is 3.02. The molecule has 0 rings (SSSR count). The van der Waals surface area contributed by atoms with E-state index >= 15 is 0 Å². The topological polar surface area (TPSA) is 35.2 Å². The maximum Gasteiger partial charge on any atom is 0.162 e. The first-order valence-electron chi connectivity index (χ1n) is 5.13. The van der Waals surface area contributed by atoms with Crippen LogP contribution in [0.4, 0.5) is 0 Å². The van der Waals surface area contributed by atoms with Crippen LogP contribution in [-0.2, 0) is 4.43 Å². The molecule has 0 heterocycles. The molecule has 0 bridgehead atoms. The molecule has 2 nitrogen and oxygen atoms in total. The van der Waals surface area contributed by atoms with Crippen LogP contribution < -0.4 is 5.73 Å². The van der Waals surface area contributed by atoms with Crippen LogP contribution in [0.2, 0.25) is 6.04 Å². The molecule has 1 unspecified atom stereocenters. The summed E-state index contributed by atoms with van der Waals surface area (Å²) in [5.74, 6) is 0. The summed E-state index contributed by atoms with van der Waals surface area (Å²) in [5.41, 5.74) is 5.39. The highest BCUT2D eigenvalue weighted by Gasteiger charge is 1.99. The van der Waals surface area contributed by atoms with E-state index in [0.717, 1.165) is 13.0 Å². The molecule has 0 aromatic rings. The summed E-state index contributed by atoms with van der Waals surface area (Å²) < 4.78 is 5.73. The van der Waals surface area contributed by atoms with Gasteiger partial charge in [-0.25, -0.2) is 0 Å². The van der Waals surface area contributed by atoms with Gasteiger partial charge in [0, 0.05) is 6.10 Å². The summed E-state index contributed by atoms with van der Waals surface area (Å²) in [6.07, 6.45) is 5.44. The summed E-state index contributed by atoms with van der Waals surface area (Å²) in [4.78, 5) is 0. The zero-order chi connectivity index (χ0) is 9.23. The van der Waals surface area contributed by atoms with Crippen LogP contribution in [0.15, 0.2) is 0 Å². The Morgan fingerprint density at radius 1 is 1.42 bits per heavy atom. The van der Waals surface area contributed by atoms with E-state index in [2.05, 4.69) is 13.8 Å². The smallest absolute Gasteiger partial charge is 0.162 e. The first kappa shape index (κ1) is 12.1. The SMILES string of the molecule is CCCCC(C)O[SiH2]CCCN. The maximum atomic E-state index is 5.73. The second-order valence-electron chi connectivity index (χ2n) is 3.32. The van der Waals surface area contributed by atoms with Crippen molar-refractivity contribution in [2.24, 2.45) is 5.73 Å². The molecule has 0 aliphatic carbocycles. The summed E-state index contributed by atoms with van der Waals surface area (Å²) in [6, 6.07) is 1.24. The molecular weight excluding hydrogens is 166 g/mol. The fourth-order valence-corrected chi connectivity index (χ4v) is 2.33. The van der Waals surface area contributed by atoms with Gasteiger partial charge < -0.3 is 10.2 Å². The summed E-state index contributed by atoms with van der Waals surface area (Å²) in [5, 5.41) is 0. The molecule has 0 aromatic heterocycles. The van der Waals surface area contributed by atoms with E-state index in [1.807, 2.05) is 0 Å². The molecule has 12 heavy (non-hydrogen) atoms. The van der Waals surface area contributed by atoms with Crippen molar-refractivity contribution in [3.63, 3.8) is 0 Å². The van der Waals surface area contributed by atoms with E-state index < -0.39 is 0 Å². The van der Waals surface area contributed by atoms with Crippen molar-refractivity contribution >= 4 is 9.76 Å². The highest BCUT2D eigenvalue weighted by atomic mass is 28.2. The van der Waals surface area contributed by atoms with Crippen molar-refractivity contribution in [1.82, 2.24) is 0 Å². The van der Waals surface area contributed by atoms with Crippen molar-refractivity contribution in [3.05, 3.63) is 0 Å². The second kappa shape index (κ2) is 9.23. The molecule has 1 atom stereocenters. The predicted molar refractivity (Wildman–Crippen MR) is 57.1 cm³/mol. The van der Waals surface area contributed by atoms with Crippen molar-refractivity contribution < 1.29 is 4.43 Å². The van der Waals surface area contributed by atoms with E-state index in [1.165, 1.54) is 25.3 Å². The molecule has 0 fully saturated rings. The average molecular weight is 189 g/mol. The molecule has 0 radical (unpaired) electrons. The lowest BCUT2D eigenvalue weighted by molar-refractivity contribution is 0.217. The van der Waals surface area contributed by atoms with Crippen molar-refractivity contribution in [3.8, 4) is 0 Å². The standard InChI is InChI=1S/C9H23NOSi/c1-3-4-6-9(2)11-12-8-5-7-10/h9H,3-8,10,12H2,1-2H3. The van der Waals surface area contributed by atoms with Gasteiger partial charge >= 0.3 is 0 Å². The quantitative estimate of drug-likeness (QED) is 0.463. The van der Waals surface area contributed by atoms with Crippen LogP contribution in [0, 0.1) is 0 Å². The van der Waals surface area contributed by atoms with E-state index in [0.29, 0.717) is 6.10 Å². The molecule has 0 aliphatic heterocycles. The third-order valence-electron chi connectivity index (χ3n) is 1.97. The molecule has 2 N–H and O–H groups in total. The van der Waals surface area contributed by atoms with Crippen LogP contribution in [0.1, 0.15) is 39.5 Å². The summed E-state index contributed by atoms with van der Waals surface area (Å²) in [7, 11) is -0.255. The van der Waals surface area contributed by atoms with Gasteiger partial charge in [-0.3, -0.25) is 0 Å². The fraction of sp³-hybridized carbons (Fsp3) is 1.00. The Morgan fingerprint density at radius 3 is 2.75 bits per heavy atom. The van der Waals surface area contributed by atoms with Gasteiger partial charge in [0.2, 0.25) is 0 Å².